The first-order valence-corrected chi connectivity index (χ1v) is 6.42. The number of methoxy groups -OCH3 is 2. The Morgan fingerprint density at radius 3 is 2.36 bits per heavy atom. The summed E-state index contributed by atoms with van der Waals surface area (Å²) in [5, 5.41) is 21.0. The molecular formula is C16H15NO5. The molecule has 0 saturated heterocycles. The van der Waals surface area contributed by atoms with Gasteiger partial charge >= 0.3 is 0 Å². The zero-order chi connectivity index (χ0) is 16.1. The van der Waals surface area contributed by atoms with E-state index in [1.807, 2.05) is 0 Å². The minimum Gasteiger partial charge on any atom is -0.507 e. The first-order chi connectivity index (χ1) is 10.5. The Hall–Kier alpha value is -3.02. The van der Waals surface area contributed by atoms with Crippen molar-refractivity contribution in [2.24, 2.45) is 0 Å². The number of ether oxygens (including phenoxy) is 2. The summed E-state index contributed by atoms with van der Waals surface area (Å²) in [5.41, 5.74) is 0.911. The normalized spacial score (nSPS) is 11.1. The van der Waals surface area contributed by atoms with E-state index in [0.717, 1.165) is 0 Å². The molecule has 114 valence electrons. The van der Waals surface area contributed by atoms with Crippen molar-refractivity contribution >= 4 is 17.5 Å². The van der Waals surface area contributed by atoms with Crippen molar-refractivity contribution in [1.82, 2.24) is 0 Å². The van der Waals surface area contributed by atoms with E-state index >= 15 is 0 Å². The van der Waals surface area contributed by atoms with Crippen molar-refractivity contribution in [3.8, 4) is 11.5 Å². The summed E-state index contributed by atoms with van der Waals surface area (Å²) >= 11 is 0. The van der Waals surface area contributed by atoms with Crippen molar-refractivity contribution in [2.75, 3.05) is 14.2 Å². The molecule has 0 heterocycles. The molecule has 0 bridgehead atoms. The molecule has 6 nitrogen and oxygen atoms in total. The van der Waals surface area contributed by atoms with Crippen molar-refractivity contribution in [1.29, 1.82) is 0 Å². The third-order valence-corrected chi connectivity index (χ3v) is 3.10. The van der Waals surface area contributed by atoms with E-state index in [2.05, 4.69) is 0 Å². The molecule has 0 radical (unpaired) electrons. The van der Waals surface area contributed by atoms with E-state index in [9.17, 15) is 15.2 Å². The fourth-order valence-corrected chi connectivity index (χ4v) is 1.94. The van der Waals surface area contributed by atoms with E-state index < -0.39 is 4.92 Å². The fourth-order valence-electron chi connectivity index (χ4n) is 1.94. The molecule has 0 amide bonds. The van der Waals surface area contributed by atoms with Crippen LogP contribution in [0.3, 0.4) is 0 Å². The predicted molar refractivity (Wildman–Crippen MR) is 83.1 cm³/mol. The number of aliphatic hydroxyl groups excluding tert-OH is 1. The van der Waals surface area contributed by atoms with Crippen LogP contribution in [0.1, 0.15) is 11.1 Å². The van der Waals surface area contributed by atoms with Gasteiger partial charge in [-0.15, -0.1) is 0 Å². The smallest absolute Gasteiger partial charge is 0.270 e. The Kier molecular flexibility index (Phi) is 4.63. The zero-order valence-corrected chi connectivity index (χ0v) is 12.1. The largest absolute Gasteiger partial charge is 0.507 e. The first-order valence-electron chi connectivity index (χ1n) is 6.42. The Morgan fingerprint density at radius 2 is 1.82 bits per heavy atom. The number of benzene rings is 2. The summed E-state index contributed by atoms with van der Waals surface area (Å²) < 4.78 is 10.2. The summed E-state index contributed by atoms with van der Waals surface area (Å²) in [5.74, 6) is 1.08. The minimum absolute atomic E-state index is 0.0264. The predicted octanol–water partition coefficient (Wildman–Crippen LogP) is 3.67. The quantitative estimate of drug-likeness (QED) is 0.394. The lowest BCUT2D eigenvalue weighted by atomic mass is 10.1. The molecular weight excluding hydrogens is 286 g/mol. The third-order valence-electron chi connectivity index (χ3n) is 3.10. The maximum Gasteiger partial charge on any atom is 0.270 e. The molecule has 0 aliphatic heterocycles. The fraction of sp³-hybridized carbons (Fsp3) is 0.125. The number of hydrogen-bond donors (Lipinski definition) is 1. The number of rotatable bonds is 5. The molecule has 0 atom stereocenters. The topological polar surface area (TPSA) is 81.8 Å². The lowest BCUT2D eigenvalue weighted by Gasteiger charge is -2.06. The van der Waals surface area contributed by atoms with Crippen molar-refractivity contribution in [2.45, 2.75) is 0 Å². The number of nitro benzene ring substituents is 1. The monoisotopic (exact) mass is 301 g/mol. The van der Waals surface area contributed by atoms with Crippen molar-refractivity contribution < 1.29 is 19.5 Å². The van der Waals surface area contributed by atoms with Gasteiger partial charge in [-0.05, 0) is 36.4 Å². The highest BCUT2D eigenvalue weighted by Gasteiger charge is 2.11. The summed E-state index contributed by atoms with van der Waals surface area (Å²) in [6, 6.07) is 11.0. The van der Waals surface area contributed by atoms with Gasteiger partial charge in [0.25, 0.3) is 5.69 Å². The average Bonchev–Trinajstić information content (AvgIpc) is 2.54. The number of nitrogens with zero attached hydrogens (tertiary/aromatic N) is 1. The Labute approximate surface area is 127 Å². The summed E-state index contributed by atoms with van der Waals surface area (Å²) in [7, 11) is 3.02. The van der Waals surface area contributed by atoms with Gasteiger partial charge in [0, 0.05) is 23.3 Å². The second-order valence-corrected chi connectivity index (χ2v) is 4.44. The standard InChI is InChI=1S/C16H15NO5/c1-21-14-6-3-11(4-7-14)15(18)10-12-9-13(17(19)20)5-8-16(12)22-2/h3-10,18H,1-2H3/b15-10-. The highest BCUT2D eigenvalue weighted by Crippen LogP contribution is 2.28. The van der Waals surface area contributed by atoms with Gasteiger partial charge in [0.2, 0.25) is 0 Å². The molecule has 1 N–H and O–H groups in total. The van der Waals surface area contributed by atoms with Crippen molar-refractivity contribution in [3.05, 3.63) is 63.7 Å². The molecule has 22 heavy (non-hydrogen) atoms. The lowest BCUT2D eigenvalue weighted by molar-refractivity contribution is -0.384. The second kappa shape index (κ2) is 6.62. The maximum absolute atomic E-state index is 10.8. The average molecular weight is 301 g/mol. The lowest BCUT2D eigenvalue weighted by Crippen LogP contribution is -1.93. The highest BCUT2D eigenvalue weighted by atomic mass is 16.6. The summed E-state index contributed by atoms with van der Waals surface area (Å²) in [6.07, 6.45) is 1.42. The minimum atomic E-state index is -0.499. The van der Waals surface area contributed by atoms with Gasteiger partial charge in [-0.3, -0.25) is 10.1 Å². The molecule has 0 unspecified atom stereocenters. The van der Waals surface area contributed by atoms with Crippen LogP contribution in [0.2, 0.25) is 0 Å². The van der Waals surface area contributed by atoms with Gasteiger partial charge in [0.15, 0.2) is 0 Å². The molecule has 6 heteroatoms. The number of hydrogen-bond acceptors (Lipinski definition) is 5. The zero-order valence-electron chi connectivity index (χ0n) is 12.1. The van der Waals surface area contributed by atoms with E-state index in [4.69, 9.17) is 9.47 Å². The molecule has 0 aliphatic rings. The molecule has 2 aromatic rings. The van der Waals surface area contributed by atoms with Crippen LogP contribution in [0.15, 0.2) is 42.5 Å². The SMILES string of the molecule is COc1ccc(/C(O)=C/c2cc([N+](=O)[O-])ccc2OC)cc1. The number of aliphatic hydroxyl groups is 1. The molecule has 2 rings (SSSR count). The number of nitro groups is 1. The van der Waals surface area contributed by atoms with Crippen LogP contribution in [0.5, 0.6) is 11.5 Å². The molecule has 2 aromatic carbocycles. The highest BCUT2D eigenvalue weighted by molar-refractivity contribution is 5.79. The Morgan fingerprint density at radius 1 is 1.14 bits per heavy atom. The van der Waals surface area contributed by atoms with Crippen LogP contribution in [0.4, 0.5) is 5.69 Å². The summed E-state index contributed by atoms with van der Waals surface area (Å²) in [4.78, 5) is 10.3. The van der Waals surface area contributed by atoms with Gasteiger partial charge in [-0.25, -0.2) is 0 Å². The van der Waals surface area contributed by atoms with Gasteiger partial charge in [0.1, 0.15) is 17.3 Å². The van der Waals surface area contributed by atoms with Gasteiger partial charge < -0.3 is 14.6 Å². The second-order valence-electron chi connectivity index (χ2n) is 4.44. The molecule has 0 fully saturated rings. The van der Waals surface area contributed by atoms with Crippen LogP contribution in [0.25, 0.3) is 11.8 Å². The third kappa shape index (κ3) is 3.35. The molecule has 0 aromatic heterocycles. The van der Waals surface area contributed by atoms with E-state index in [0.29, 0.717) is 22.6 Å². The van der Waals surface area contributed by atoms with Crippen LogP contribution >= 0.6 is 0 Å². The van der Waals surface area contributed by atoms with Crippen LogP contribution < -0.4 is 9.47 Å². The van der Waals surface area contributed by atoms with Crippen LogP contribution in [-0.4, -0.2) is 24.2 Å². The molecule has 0 spiro atoms. The van der Waals surface area contributed by atoms with Gasteiger partial charge in [0.05, 0.1) is 19.1 Å². The Bertz CT molecular complexity index is 707. The van der Waals surface area contributed by atoms with Gasteiger partial charge in [-0.1, -0.05) is 0 Å². The molecule has 0 aliphatic carbocycles. The van der Waals surface area contributed by atoms with E-state index in [1.54, 1.807) is 31.4 Å². The first kappa shape index (κ1) is 15.4. The van der Waals surface area contributed by atoms with Crippen molar-refractivity contribution in [3.63, 3.8) is 0 Å². The maximum atomic E-state index is 10.8. The Balaban J connectivity index is 2.41. The molecule has 0 saturated carbocycles. The van der Waals surface area contributed by atoms with E-state index in [-0.39, 0.29) is 11.4 Å². The van der Waals surface area contributed by atoms with Crippen LogP contribution in [-0.2, 0) is 0 Å². The van der Waals surface area contributed by atoms with Crippen LogP contribution in [0, 0.1) is 10.1 Å². The van der Waals surface area contributed by atoms with E-state index in [1.165, 1.54) is 31.4 Å². The van der Waals surface area contributed by atoms with Gasteiger partial charge in [-0.2, -0.15) is 0 Å². The number of non-ortho nitro benzene ring substituents is 1. The summed E-state index contributed by atoms with van der Waals surface area (Å²) in [6.45, 7) is 0.